The third-order valence-corrected chi connectivity index (χ3v) is 9.47. The van der Waals surface area contributed by atoms with Crippen molar-refractivity contribution in [1.29, 1.82) is 0 Å². The van der Waals surface area contributed by atoms with E-state index in [0.717, 1.165) is 62.5 Å². The van der Waals surface area contributed by atoms with Gasteiger partial charge in [0, 0.05) is 0 Å². The molecule has 4 aromatic rings. The van der Waals surface area contributed by atoms with Gasteiger partial charge in [-0.05, 0) is 46.2 Å². The maximum Gasteiger partial charge on any atom is 0.0790 e. The van der Waals surface area contributed by atoms with Gasteiger partial charge in [0.15, 0.2) is 0 Å². The zero-order chi connectivity index (χ0) is 28.9. The maximum absolute atomic E-state index is 11.0. The molecule has 0 spiro atoms. The van der Waals surface area contributed by atoms with Gasteiger partial charge in [0.05, 0.1) is 22.7 Å². The first-order valence-electron chi connectivity index (χ1n) is 15.4. The van der Waals surface area contributed by atoms with Gasteiger partial charge in [0.1, 0.15) is 0 Å². The maximum atomic E-state index is 11.0. The second-order valence-corrected chi connectivity index (χ2v) is 12.3. The van der Waals surface area contributed by atoms with E-state index in [4.69, 9.17) is 0 Å². The third-order valence-electron chi connectivity index (χ3n) is 7.84. The smallest absolute Gasteiger partial charge is 0.0790 e. The first kappa shape index (κ1) is 31.1. The number of unbranched alkanes of at least 4 members (excludes halogenated alkanes) is 4. The van der Waals surface area contributed by atoms with Crippen molar-refractivity contribution in [3.63, 3.8) is 0 Å². The lowest BCUT2D eigenvalue weighted by atomic mass is 9.97. The summed E-state index contributed by atoms with van der Waals surface area (Å²) in [5.74, 6) is 0. The summed E-state index contributed by atoms with van der Waals surface area (Å²) in [6, 6.07) is 38.5. The van der Waals surface area contributed by atoms with Crippen LogP contribution in [0.25, 0.3) is 0 Å². The number of aliphatic hydroxyl groups is 2. The molecule has 0 amide bonds. The molecule has 41 heavy (non-hydrogen) atoms. The van der Waals surface area contributed by atoms with Crippen molar-refractivity contribution in [3.05, 3.63) is 143 Å². The van der Waals surface area contributed by atoms with Crippen LogP contribution in [0.3, 0.4) is 0 Å². The number of hydrogen-bond donors (Lipinski definition) is 2. The van der Waals surface area contributed by atoms with Crippen LogP contribution in [-0.4, -0.2) is 10.2 Å². The molecular formula is C38H46O2S. The van der Waals surface area contributed by atoms with Crippen molar-refractivity contribution in [3.8, 4) is 0 Å². The van der Waals surface area contributed by atoms with Gasteiger partial charge in [-0.15, -0.1) is 11.8 Å². The minimum Gasteiger partial charge on any atom is -0.388 e. The molecule has 4 unspecified atom stereocenters. The largest absolute Gasteiger partial charge is 0.388 e. The van der Waals surface area contributed by atoms with Crippen LogP contribution in [0.4, 0.5) is 0 Å². The summed E-state index contributed by atoms with van der Waals surface area (Å²) in [5, 5.41) is 22.1. The van der Waals surface area contributed by atoms with Crippen molar-refractivity contribution in [2.75, 3.05) is 0 Å². The zero-order valence-corrected chi connectivity index (χ0v) is 25.5. The standard InChI is InChI=1S/C38H46O2S/c1-3-5-9-25-35(39)31-21-15-23-33(27-31)37(29-17-11-7-12-18-29)41-38(30-19-13-8-14-20-30)34-24-16-22-32(28-34)36(40)26-10-6-4-2/h7-8,11-24,27-28,35-40H,3-6,9-10,25-26H2,1-2H3. The van der Waals surface area contributed by atoms with Gasteiger partial charge < -0.3 is 10.2 Å². The van der Waals surface area contributed by atoms with Gasteiger partial charge >= 0.3 is 0 Å². The number of benzene rings is 4. The van der Waals surface area contributed by atoms with E-state index < -0.39 is 12.2 Å². The van der Waals surface area contributed by atoms with Gasteiger partial charge in [-0.2, -0.15) is 0 Å². The number of hydrogen-bond acceptors (Lipinski definition) is 3. The lowest BCUT2D eigenvalue weighted by Crippen LogP contribution is -2.06. The van der Waals surface area contributed by atoms with Gasteiger partial charge in [0.25, 0.3) is 0 Å². The molecule has 0 aliphatic rings. The fraction of sp³-hybridized carbons (Fsp3) is 0.368. The Kier molecular flexibility index (Phi) is 12.6. The van der Waals surface area contributed by atoms with Crippen LogP contribution < -0.4 is 0 Å². The minimum absolute atomic E-state index is 0.0716. The fourth-order valence-electron chi connectivity index (χ4n) is 5.46. The molecule has 0 saturated heterocycles. The Morgan fingerprint density at radius 1 is 0.463 bits per heavy atom. The monoisotopic (exact) mass is 566 g/mol. The summed E-state index contributed by atoms with van der Waals surface area (Å²) in [5.41, 5.74) is 6.87. The summed E-state index contributed by atoms with van der Waals surface area (Å²) in [7, 11) is 0. The summed E-state index contributed by atoms with van der Waals surface area (Å²) in [6.07, 6.45) is 7.35. The van der Waals surface area contributed by atoms with E-state index in [2.05, 4.69) is 123 Å². The molecule has 0 aromatic heterocycles. The Morgan fingerprint density at radius 2 is 0.829 bits per heavy atom. The van der Waals surface area contributed by atoms with E-state index in [1.165, 1.54) is 22.3 Å². The minimum atomic E-state index is -0.446. The van der Waals surface area contributed by atoms with Gasteiger partial charge in [0.2, 0.25) is 0 Å². The molecule has 0 radical (unpaired) electrons. The summed E-state index contributed by atoms with van der Waals surface area (Å²) in [4.78, 5) is 0. The lowest BCUT2D eigenvalue weighted by Gasteiger charge is -2.26. The summed E-state index contributed by atoms with van der Waals surface area (Å²) >= 11 is 1.92. The Labute approximate surface area is 251 Å². The fourth-order valence-corrected chi connectivity index (χ4v) is 6.97. The molecule has 2 N–H and O–H groups in total. The molecule has 0 fully saturated rings. The molecule has 4 aromatic carbocycles. The Balaban J connectivity index is 1.70. The molecule has 4 atom stereocenters. The highest BCUT2D eigenvalue weighted by Crippen LogP contribution is 2.48. The molecular weight excluding hydrogens is 520 g/mol. The number of rotatable bonds is 16. The third kappa shape index (κ3) is 9.07. The predicted molar refractivity (Wildman–Crippen MR) is 175 cm³/mol. The van der Waals surface area contributed by atoms with Crippen LogP contribution in [0, 0.1) is 0 Å². The van der Waals surface area contributed by atoms with Crippen LogP contribution >= 0.6 is 11.8 Å². The van der Waals surface area contributed by atoms with E-state index in [1.807, 2.05) is 11.8 Å². The molecule has 0 aliphatic heterocycles. The van der Waals surface area contributed by atoms with Crippen molar-refractivity contribution >= 4 is 11.8 Å². The van der Waals surface area contributed by atoms with Crippen molar-refractivity contribution in [2.24, 2.45) is 0 Å². The molecule has 216 valence electrons. The molecule has 0 saturated carbocycles. The van der Waals surface area contributed by atoms with Gasteiger partial charge in [-0.25, -0.2) is 0 Å². The first-order chi connectivity index (χ1) is 20.1. The van der Waals surface area contributed by atoms with Crippen LogP contribution in [0.2, 0.25) is 0 Å². The number of thioether (sulfide) groups is 1. The second kappa shape index (κ2) is 16.6. The van der Waals surface area contributed by atoms with Crippen molar-refractivity contribution in [1.82, 2.24) is 0 Å². The molecule has 0 aliphatic carbocycles. The Hall–Kier alpha value is -2.85. The van der Waals surface area contributed by atoms with Crippen molar-refractivity contribution in [2.45, 2.75) is 87.9 Å². The molecule has 2 nitrogen and oxygen atoms in total. The van der Waals surface area contributed by atoms with Crippen LogP contribution in [0.1, 0.15) is 121 Å². The average molecular weight is 567 g/mol. The summed E-state index contributed by atoms with van der Waals surface area (Å²) < 4.78 is 0. The van der Waals surface area contributed by atoms with Crippen molar-refractivity contribution < 1.29 is 10.2 Å². The lowest BCUT2D eigenvalue weighted by molar-refractivity contribution is 0.163. The predicted octanol–water partition coefficient (Wildman–Crippen LogP) is 10.5. The molecule has 4 rings (SSSR count). The summed E-state index contributed by atoms with van der Waals surface area (Å²) in [6.45, 7) is 4.39. The van der Waals surface area contributed by atoms with E-state index in [1.54, 1.807) is 0 Å². The van der Waals surface area contributed by atoms with Crippen LogP contribution in [0.15, 0.2) is 109 Å². The van der Waals surface area contributed by atoms with Gasteiger partial charge in [-0.1, -0.05) is 162 Å². The van der Waals surface area contributed by atoms with E-state index >= 15 is 0 Å². The Bertz CT molecular complexity index is 1190. The SMILES string of the molecule is CCCCCC(O)c1cccc(C(SC(c2ccccc2)c2cccc(C(O)CCCCC)c2)c2ccccc2)c1. The molecule has 3 heteroatoms. The number of aliphatic hydroxyl groups excluding tert-OH is 2. The van der Waals surface area contributed by atoms with E-state index in [0.29, 0.717) is 0 Å². The highest BCUT2D eigenvalue weighted by molar-refractivity contribution is 8.00. The highest BCUT2D eigenvalue weighted by atomic mass is 32.2. The Morgan fingerprint density at radius 3 is 1.22 bits per heavy atom. The highest BCUT2D eigenvalue weighted by Gasteiger charge is 2.25. The first-order valence-corrected chi connectivity index (χ1v) is 16.4. The van der Waals surface area contributed by atoms with E-state index in [-0.39, 0.29) is 10.5 Å². The molecule has 0 bridgehead atoms. The average Bonchev–Trinajstić information content (AvgIpc) is 3.02. The molecule has 0 heterocycles. The topological polar surface area (TPSA) is 40.5 Å². The normalized spacial score (nSPS) is 14.3. The van der Waals surface area contributed by atoms with Gasteiger partial charge in [-0.3, -0.25) is 0 Å². The quantitative estimate of drug-likeness (QED) is 0.133. The van der Waals surface area contributed by atoms with Crippen LogP contribution in [0.5, 0.6) is 0 Å². The second-order valence-electron chi connectivity index (χ2n) is 11.1. The zero-order valence-electron chi connectivity index (χ0n) is 24.7. The van der Waals surface area contributed by atoms with E-state index in [9.17, 15) is 10.2 Å². The van der Waals surface area contributed by atoms with Crippen LogP contribution in [-0.2, 0) is 0 Å².